The van der Waals surface area contributed by atoms with E-state index in [2.05, 4.69) is 27.8 Å². The fourth-order valence-electron chi connectivity index (χ4n) is 5.17. The summed E-state index contributed by atoms with van der Waals surface area (Å²) in [5, 5.41) is 14.3. The summed E-state index contributed by atoms with van der Waals surface area (Å²) in [6, 6.07) is 12.9. The molecule has 7 heteroatoms. The SMILES string of the molecule is CCCCCCCCCCCCCCCCCCNC(=O)[C@@H](NC(=O)c1ccc(N=Nc2ccc(C=O)cc2)cc1)C(C)C. The van der Waals surface area contributed by atoms with Gasteiger partial charge in [-0.15, -0.1) is 0 Å². The maximum atomic E-state index is 12.9. The normalized spacial score (nSPS) is 12.0. The summed E-state index contributed by atoms with van der Waals surface area (Å²) >= 11 is 0. The number of azo groups is 1. The number of nitrogens with zero attached hydrogens (tertiary/aromatic N) is 2. The fraction of sp³-hybridized carbons (Fsp3) is 0.595. The predicted molar refractivity (Wildman–Crippen MR) is 181 cm³/mol. The molecule has 0 unspecified atom stereocenters. The van der Waals surface area contributed by atoms with Crippen LogP contribution in [0.3, 0.4) is 0 Å². The molecule has 1 atom stereocenters. The van der Waals surface area contributed by atoms with Gasteiger partial charge in [-0.25, -0.2) is 0 Å². The van der Waals surface area contributed by atoms with Crippen LogP contribution in [0.1, 0.15) is 144 Å². The molecule has 242 valence electrons. The summed E-state index contributed by atoms with van der Waals surface area (Å²) < 4.78 is 0. The van der Waals surface area contributed by atoms with E-state index in [0.29, 0.717) is 29.0 Å². The number of benzene rings is 2. The van der Waals surface area contributed by atoms with Gasteiger partial charge in [0.25, 0.3) is 5.91 Å². The van der Waals surface area contributed by atoms with E-state index >= 15 is 0 Å². The minimum Gasteiger partial charge on any atom is -0.354 e. The Morgan fingerprint density at radius 3 is 1.52 bits per heavy atom. The number of carbonyl (C=O) groups excluding carboxylic acids is 3. The topological polar surface area (TPSA) is 100.0 Å². The highest BCUT2D eigenvalue weighted by atomic mass is 16.2. The van der Waals surface area contributed by atoms with Crippen LogP contribution in [0.5, 0.6) is 0 Å². The Morgan fingerprint density at radius 2 is 1.09 bits per heavy atom. The highest BCUT2D eigenvalue weighted by molar-refractivity contribution is 5.97. The van der Waals surface area contributed by atoms with Crippen LogP contribution in [0.4, 0.5) is 11.4 Å². The molecule has 0 saturated heterocycles. The van der Waals surface area contributed by atoms with Gasteiger partial charge < -0.3 is 10.6 Å². The average Bonchev–Trinajstić information content (AvgIpc) is 3.04. The van der Waals surface area contributed by atoms with Gasteiger partial charge in [-0.05, 0) is 60.9 Å². The fourth-order valence-corrected chi connectivity index (χ4v) is 5.17. The van der Waals surface area contributed by atoms with Gasteiger partial charge >= 0.3 is 0 Å². The number of carbonyl (C=O) groups is 3. The summed E-state index contributed by atoms with van der Waals surface area (Å²) in [5.41, 5.74) is 2.25. The van der Waals surface area contributed by atoms with Crippen molar-refractivity contribution >= 4 is 29.5 Å². The van der Waals surface area contributed by atoms with Crippen LogP contribution < -0.4 is 10.6 Å². The number of rotatable bonds is 24. The minimum atomic E-state index is -0.600. The second-order valence-corrected chi connectivity index (χ2v) is 12.2. The molecule has 2 rings (SSSR count). The van der Waals surface area contributed by atoms with Crippen LogP contribution >= 0.6 is 0 Å². The smallest absolute Gasteiger partial charge is 0.251 e. The van der Waals surface area contributed by atoms with E-state index in [1.807, 2.05) is 13.8 Å². The summed E-state index contributed by atoms with van der Waals surface area (Å²) in [5.74, 6) is -0.474. The molecule has 0 aliphatic rings. The molecule has 0 saturated carbocycles. The zero-order valence-corrected chi connectivity index (χ0v) is 27.5. The Kier molecular flexibility index (Phi) is 19.3. The van der Waals surface area contributed by atoms with Crippen molar-refractivity contribution in [1.29, 1.82) is 0 Å². The van der Waals surface area contributed by atoms with E-state index < -0.39 is 6.04 Å². The third-order valence-corrected chi connectivity index (χ3v) is 8.00. The van der Waals surface area contributed by atoms with Crippen LogP contribution in [-0.4, -0.2) is 30.7 Å². The highest BCUT2D eigenvalue weighted by Crippen LogP contribution is 2.19. The lowest BCUT2D eigenvalue weighted by atomic mass is 10.0. The molecule has 2 N–H and O–H groups in total. The van der Waals surface area contributed by atoms with Gasteiger partial charge in [0.05, 0.1) is 11.4 Å². The Bertz CT molecular complexity index is 1100. The molecule has 0 heterocycles. The van der Waals surface area contributed by atoms with Crippen molar-refractivity contribution in [2.45, 2.75) is 130 Å². The van der Waals surface area contributed by atoms with E-state index in [-0.39, 0.29) is 17.7 Å². The number of unbranched alkanes of at least 4 members (excludes halogenated alkanes) is 15. The molecule has 0 radical (unpaired) electrons. The lowest BCUT2D eigenvalue weighted by Gasteiger charge is -2.21. The van der Waals surface area contributed by atoms with Crippen LogP contribution in [0, 0.1) is 5.92 Å². The molecule has 7 nitrogen and oxygen atoms in total. The number of aldehydes is 1. The van der Waals surface area contributed by atoms with E-state index in [1.165, 1.54) is 89.9 Å². The highest BCUT2D eigenvalue weighted by Gasteiger charge is 2.24. The van der Waals surface area contributed by atoms with Gasteiger partial charge in [0, 0.05) is 17.7 Å². The van der Waals surface area contributed by atoms with Crippen molar-refractivity contribution in [1.82, 2.24) is 10.6 Å². The lowest BCUT2D eigenvalue weighted by molar-refractivity contribution is -0.123. The largest absolute Gasteiger partial charge is 0.354 e. The lowest BCUT2D eigenvalue weighted by Crippen LogP contribution is -2.49. The van der Waals surface area contributed by atoms with E-state index in [9.17, 15) is 14.4 Å². The van der Waals surface area contributed by atoms with E-state index in [1.54, 1.807) is 48.5 Å². The molecular formula is C37H56N4O3. The second kappa shape index (κ2) is 23.1. The van der Waals surface area contributed by atoms with E-state index in [4.69, 9.17) is 0 Å². The Balaban J connectivity index is 1.58. The Hall–Kier alpha value is -3.35. The van der Waals surface area contributed by atoms with Crippen molar-refractivity contribution in [3.05, 3.63) is 59.7 Å². The van der Waals surface area contributed by atoms with Crippen molar-refractivity contribution in [3.63, 3.8) is 0 Å². The van der Waals surface area contributed by atoms with Gasteiger partial charge in [0.2, 0.25) is 5.91 Å². The van der Waals surface area contributed by atoms with Crippen LogP contribution in [-0.2, 0) is 4.79 Å². The van der Waals surface area contributed by atoms with Gasteiger partial charge in [-0.2, -0.15) is 10.2 Å². The number of hydrogen-bond donors (Lipinski definition) is 2. The molecule has 0 aliphatic carbocycles. The summed E-state index contributed by atoms with van der Waals surface area (Å²) in [6.07, 6.45) is 21.9. The van der Waals surface area contributed by atoms with Crippen molar-refractivity contribution in [3.8, 4) is 0 Å². The van der Waals surface area contributed by atoms with Gasteiger partial charge in [-0.1, -0.05) is 117 Å². The molecule has 0 aliphatic heterocycles. The average molecular weight is 605 g/mol. The molecule has 2 amide bonds. The predicted octanol–water partition coefficient (Wildman–Crippen LogP) is 10.0. The molecule has 2 aromatic rings. The van der Waals surface area contributed by atoms with E-state index in [0.717, 1.165) is 19.1 Å². The summed E-state index contributed by atoms with van der Waals surface area (Å²) in [4.78, 5) is 36.5. The van der Waals surface area contributed by atoms with Crippen molar-refractivity contribution < 1.29 is 14.4 Å². The van der Waals surface area contributed by atoms with Crippen LogP contribution in [0.2, 0.25) is 0 Å². The summed E-state index contributed by atoms with van der Waals surface area (Å²) in [7, 11) is 0. The first-order valence-electron chi connectivity index (χ1n) is 17.1. The zero-order chi connectivity index (χ0) is 31.8. The third-order valence-electron chi connectivity index (χ3n) is 8.00. The monoisotopic (exact) mass is 604 g/mol. The Labute approximate surface area is 266 Å². The van der Waals surface area contributed by atoms with Crippen LogP contribution in [0.25, 0.3) is 0 Å². The first-order chi connectivity index (χ1) is 21.4. The first kappa shape index (κ1) is 36.8. The molecule has 0 bridgehead atoms. The second-order valence-electron chi connectivity index (χ2n) is 12.2. The number of nitrogens with one attached hydrogen (secondary N) is 2. The first-order valence-corrected chi connectivity index (χ1v) is 17.1. The number of hydrogen-bond acceptors (Lipinski definition) is 5. The standard InChI is InChI=1S/C37H56N4O3/c1-4-5-6-7-8-9-10-11-12-13-14-15-16-17-18-19-28-38-37(44)35(30(2)3)39-36(43)32-22-26-34(27-23-32)41-40-33-24-20-31(29-42)21-25-33/h20-27,29-30,35H,4-19,28H2,1-3H3,(H,38,44)(H,39,43)/t35-/m0/s1. The van der Waals surface area contributed by atoms with Crippen molar-refractivity contribution in [2.75, 3.05) is 6.54 Å². The van der Waals surface area contributed by atoms with Crippen molar-refractivity contribution in [2.24, 2.45) is 16.1 Å². The maximum Gasteiger partial charge on any atom is 0.251 e. The maximum absolute atomic E-state index is 12.9. The van der Waals surface area contributed by atoms with Gasteiger partial charge in [0.1, 0.15) is 12.3 Å². The van der Waals surface area contributed by atoms with Crippen LogP contribution in [0.15, 0.2) is 58.8 Å². The molecule has 0 aromatic heterocycles. The van der Waals surface area contributed by atoms with Gasteiger partial charge in [0.15, 0.2) is 0 Å². The minimum absolute atomic E-state index is 0.0385. The molecule has 0 fully saturated rings. The number of amides is 2. The molecule has 44 heavy (non-hydrogen) atoms. The molecule has 0 spiro atoms. The zero-order valence-electron chi connectivity index (χ0n) is 27.5. The molecular weight excluding hydrogens is 548 g/mol. The third kappa shape index (κ3) is 15.9. The summed E-state index contributed by atoms with van der Waals surface area (Å²) in [6.45, 7) is 6.78. The Morgan fingerprint density at radius 1 is 0.659 bits per heavy atom. The molecule has 2 aromatic carbocycles. The van der Waals surface area contributed by atoms with Gasteiger partial charge in [-0.3, -0.25) is 14.4 Å². The quantitative estimate of drug-likeness (QED) is 0.0708.